The van der Waals surface area contributed by atoms with E-state index in [-0.39, 0.29) is 22.9 Å². The zero-order valence-corrected chi connectivity index (χ0v) is 21.5. The van der Waals surface area contributed by atoms with E-state index in [1.807, 2.05) is 39.0 Å². The van der Waals surface area contributed by atoms with Crippen LogP contribution in [-0.4, -0.2) is 59.8 Å². The van der Waals surface area contributed by atoms with Gasteiger partial charge in [0.25, 0.3) is 0 Å². The molecule has 0 spiro atoms. The van der Waals surface area contributed by atoms with E-state index in [4.69, 9.17) is 11.6 Å². The molecule has 2 fully saturated rings. The van der Waals surface area contributed by atoms with Gasteiger partial charge in [0.1, 0.15) is 0 Å². The largest absolute Gasteiger partial charge is 0.390 e. The number of alkyl halides is 1. The van der Waals surface area contributed by atoms with E-state index < -0.39 is 6.10 Å². The van der Waals surface area contributed by atoms with Crippen molar-refractivity contribution in [2.45, 2.75) is 88.8 Å². The maximum absolute atomic E-state index is 13.1. The summed E-state index contributed by atoms with van der Waals surface area (Å²) in [6.07, 6.45) is 7.37. The van der Waals surface area contributed by atoms with Crippen LogP contribution in [0.3, 0.4) is 0 Å². The molecule has 33 heavy (non-hydrogen) atoms. The third-order valence-electron chi connectivity index (χ3n) is 7.10. The van der Waals surface area contributed by atoms with Gasteiger partial charge in [-0.15, -0.1) is 11.6 Å². The number of likely N-dealkylation sites (tertiary alicyclic amines) is 1. The van der Waals surface area contributed by atoms with Crippen molar-refractivity contribution in [2.75, 3.05) is 26.2 Å². The SMILES string of the molecule is CC(C)(C)NC(=O)[C@@H]1C[C@@H]2CCCC[C@@H]2CN1C[C@H](O)CNCCCC(Cl)c1ccccc1. The van der Waals surface area contributed by atoms with E-state index in [0.29, 0.717) is 24.9 Å². The lowest BCUT2D eigenvalue weighted by atomic mass is 9.72. The number of β-amino-alcohol motifs (C(OH)–C–C–N with tert-alkyl or cyclic N) is 1. The van der Waals surface area contributed by atoms with Crippen molar-refractivity contribution in [1.82, 2.24) is 15.5 Å². The molecule has 0 aromatic heterocycles. The fourth-order valence-electron chi connectivity index (χ4n) is 5.47. The number of nitrogens with zero attached hydrogens (tertiary/aromatic N) is 1. The van der Waals surface area contributed by atoms with Gasteiger partial charge in [-0.3, -0.25) is 9.69 Å². The van der Waals surface area contributed by atoms with Gasteiger partial charge in [-0.25, -0.2) is 0 Å². The van der Waals surface area contributed by atoms with Crippen LogP contribution in [0.1, 0.15) is 76.7 Å². The first kappa shape index (κ1) is 26.5. The lowest BCUT2D eigenvalue weighted by Crippen LogP contribution is -2.59. The molecule has 1 aliphatic heterocycles. The van der Waals surface area contributed by atoms with Crippen molar-refractivity contribution < 1.29 is 9.90 Å². The number of hydrogen-bond acceptors (Lipinski definition) is 4. The van der Waals surface area contributed by atoms with E-state index in [2.05, 4.69) is 27.7 Å². The molecule has 5 atom stereocenters. The molecule has 1 amide bonds. The van der Waals surface area contributed by atoms with Crippen LogP contribution in [0.15, 0.2) is 30.3 Å². The molecule has 1 aromatic carbocycles. The summed E-state index contributed by atoms with van der Waals surface area (Å²) in [7, 11) is 0. The highest BCUT2D eigenvalue weighted by atomic mass is 35.5. The summed E-state index contributed by atoms with van der Waals surface area (Å²) >= 11 is 6.50. The number of carbonyl (C=O) groups excluding carboxylic acids is 1. The second kappa shape index (κ2) is 12.5. The van der Waals surface area contributed by atoms with Crippen molar-refractivity contribution >= 4 is 17.5 Å². The van der Waals surface area contributed by atoms with Crippen molar-refractivity contribution in [3.05, 3.63) is 35.9 Å². The number of rotatable bonds is 10. The molecule has 0 bridgehead atoms. The number of nitrogens with one attached hydrogen (secondary N) is 2. The third kappa shape index (κ3) is 8.54. The molecule has 6 heteroatoms. The Morgan fingerprint density at radius 2 is 1.88 bits per heavy atom. The second-order valence-corrected chi connectivity index (χ2v) is 11.7. The first-order chi connectivity index (χ1) is 15.7. The molecule has 0 radical (unpaired) electrons. The van der Waals surface area contributed by atoms with E-state index in [0.717, 1.165) is 37.9 Å². The Morgan fingerprint density at radius 3 is 2.58 bits per heavy atom. The number of fused-ring (bicyclic) bond motifs is 1. The molecule has 3 N–H and O–H groups in total. The van der Waals surface area contributed by atoms with Gasteiger partial charge >= 0.3 is 0 Å². The van der Waals surface area contributed by atoms with Gasteiger partial charge in [0.2, 0.25) is 5.91 Å². The predicted octanol–water partition coefficient (Wildman–Crippen LogP) is 4.49. The van der Waals surface area contributed by atoms with Crippen molar-refractivity contribution in [3.8, 4) is 0 Å². The number of benzene rings is 1. The monoisotopic (exact) mass is 477 g/mol. The Hall–Kier alpha value is -1.14. The Labute approximate surface area is 205 Å². The fraction of sp³-hybridized carbons (Fsp3) is 0.741. The summed E-state index contributed by atoms with van der Waals surface area (Å²) in [5.41, 5.74) is 0.914. The van der Waals surface area contributed by atoms with E-state index in [1.54, 1.807) is 0 Å². The van der Waals surface area contributed by atoms with Crippen LogP contribution in [0.4, 0.5) is 0 Å². The molecule has 1 aliphatic carbocycles. The number of amides is 1. The minimum absolute atomic E-state index is 0.0248. The summed E-state index contributed by atoms with van der Waals surface area (Å²) in [4.78, 5) is 15.4. The zero-order valence-electron chi connectivity index (χ0n) is 20.7. The number of halogens is 1. The molecule has 2 aliphatic rings. The first-order valence-electron chi connectivity index (χ1n) is 12.9. The number of aliphatic hydroxyl groups is 1. The van der Waals surface area contributed by atoms with Crippen molar-refractivity contribution in [1.29, 1.82) is 0 Å². The van der Waals surface area contributed by atoms with Crippen molar-refractivity contribution in [2.24, 2.45) is 11.8 Å². The summed E-state index contributed by atoms with van der Waals surface area (Å²) in [6.45, 7) is 8.92. The summed E-state index contributed by atoms with van der Waals surface area (Å²) in [5.74, 6) is 1.42. The number of aliphatic hydroxyl groups excluding tert-OH is 1. The Kier molecular flexibility index (Phi) is 10.0. The van der Waals surface area contributed by atoms with Crippen LogP contribution in [0.5, 0.6) is 0 Å². The third-order valence-corrected chi connectivity index (χ3v) is 7.57. The van der Waals surface area contributed by atoms with Gasteiger partial charge in [0, 0.05) is 25.2 Å². The molecule has 1 unspecified atom stereocenters. The van der Waals surface area contributed by atoms with E-state index in [1.165, 1.54) is 25.7 Å². The number of hydrogen-bond donors (Lipinski definition) is 3. The lowest BCUT2D eigenvalue weighted by molar-refractivity contribution is -0.132. The first-order valence-corrected chi connectivity index (χ1v) is 13.3. The van der Waals surface area contributed by atoms with Crippen LogP contribution in [0.2, 0.25) is 0 Å². The Morgan fingerprint density at radius 1 is 1.18 bits per heavy atom. The summed E-state index contributed by atoms with van der Waals surface area (Å²) in [6, 6.07) is 10.0. The minimum atomic E-state index is -0.490. The average molecular weight is 478 g/mol. The Balaban J connectivity index is 1.45. The van der Waals surface area contributed by atoms with E-state index in [9.17, 15) is 9.90 Å². The molecule has 1 aromatic rings. The molecule has 1 saturated heterocycles. The molecule has 3 rings (SSSR count). The predicted molar refractivity (Wildman–Crippen MR) is 136 cm³/mol. The van der Waals surface area contributed by atoms with Crippen molar-refractivity contribution in [3.63, 3.8) is 0 Å². The van der Waals surface area contributed by atoms with Crippen LogP contribution >= 0.6 is 11.6 Å². The molecule has 5 nitrogen and oxygen atoms in total. The van der Waals surface area contributed by atoms with Gasteiger partial charge in [-0.1, -0.05) is 49.6 Å². The Bertz CT molecular complexity index is 724. The highest BCUT2D eigenvalue weighted by molar-refractivity contribution is 6.20. The van der Waals surface area contributed by atoms with Gasteiger partial charge in [-0.05, 0) is 70.4 Å². The fourth-order valence-corrected chi connectivity index (χ4v) is 5.77. The average Bonchev–Trinajstić information content (AvgIpc) is 2.77. The lowest BCUT2D eigenvalue weighted by Gasteiger charge is -2.46. The van der Waals surface area contributed by atoms with Crippen LogP contribution < -0.4 is 10.6 Å². The highest BCUT2D eigenvalue weighted by Crippen LogP contribution is 2.38. The molecular weight excluding hydrogens is 434 g/mol. The zero-order chi connectivity index (χ0) is 23.8. The minimum Gasteiger partial charge on any atom is -0.390 e. The van der Waals surface area contributed by atoms with Crippen LogP contribution in [0.25, 0.3) is 0 Å². The van der Waals surface area contributed by atoms with Gasteiger partial charge in [-0.2, -0.15) is 0 Å². The van der Waals surface area contributed by atoms with Gasteiger partial charge < -0.3 is 15.7 Å². The maximum Gasteiger partial charge on any atom is 0.237 e. The topological polar surface area (TPSA) is 64.6 Å². The van der Waals surface area contributed by atoms with Gasteiger partial charge in [0.05, 0.1) is 17.5 Å². The highest BCUT2D eigenvalue weighted by Gasteiger charge is 2.40. The maximum atomic E-state index is 13.1. The smallest absolute Gasteiger partial charge is 0.237 e. The normalized spacial score (nSPS) is 25.8. The van der Waals surface area contributed by atoms with E-state index >= 15 is 0 Å². The molecular formula is C27H44ClN3O2. The molecule has 186 valence electrons. The summed E-state index contributed by atoms with van der Waals surface area (Å²) < 4.78 is 0. The summed E-state index contributed by atoms with van der Waals surface area (Å²) in [5, 5.41) is 17.3. The van der Waals surface area contributed by atoms with Crippen LogP contribution in [-0.2, 0) is 4.79 Å². The molecule has 1 heterocycles. The quantitative estimate of drug-likeness (QED) is 0.343. The second-order valence-electron chi connectivity index (χ2n) is 11.1. The number of carbonyl (C=O) groups is 1. The standard InChI is InChI=1S/C27H44ClN3O2/c1-27(2,3)30-26(33)25-16-21-12-7-8-13-22(21)18-31(25)19-23(32)17-29-15-9-14-24(28)20-10-5-4-6-11-20/h4-6,10-11,21-25,29,32H,7-9,12-19H2,1-3H3,(H,30,33)/t21-,22+,23+,24?,25-/m0/s1. The number of piperidine rings is 1. The molecule has 1 saturated carbocycles. The van der Waals surface area contributed by atoms with Gasteiger partial charge in [0.15, 0.2) is 0 Å². The van der Waals surface area contributed by atoms with Crippen LogP contribution in [0, 0.1) is 11.8 Å².